The van der Waals surface area contributed by atoms with Crippen LogP contribution in [0.25, 0.3) is 0 Å². The Bertz CT molecular complexity index is 314. The zero-order valence-corrected chi connectivity index (χ0v) is 11.2. The fourth-order valence-electron chi connectivity index (χ4n) is 1.15. The molecule has 0 unspecified atom stereocenters. The topological polar surface area (TPSA) is 42.0 Å². The Morgan fingerprint density at radius 1 is 1.60 bits per heavy atom. The Kier molecular flexibility index (Phi) is 5.86. The summed E-state index contributed by atoms with van der Waals surface area (Å²) >= 11 is 4.95. The molecule has 0 saturated carbocycles. The summed E-state index contributed by atoms with van der Waals surface area (Å²) < 4.78 is 0. The van der Waals surface area contributed by atoms with Gasteiger partial charge < -0.3 is 5.32 Å². The molecule has 0 aliphatic carbocycles. The molecule has 0 bridgehead atoms. The van der Waals surface area contributed by atoms with E-state index < -0.39 is 0 Å². The van der Waals surface area contributed by atoms with Gasteiger partial charge in [-0.15, -0.1) is 11.3 Å². The van der Waals surface area contributed by atoms with Gasteiger partial charge in [0.1, 0.15) is 0 Å². The Balaban J connectivity index is 2.16. The van der Waals surface area contributed by atoms with Gasteiger partial charge in [0.05, 0.1) is 17.2 Å². The lowest BCUT2D eigenvalue weighted by Crippen LogP contribution is -2.22. The van der Waals surface area contributed by atoms with Gasteiger partial charge in [0.25, 0.3) is 0 Å². The van der Waals surface area contributed by atoms with Crippen LogP contribution in [0.3, 0.4) is 0 Å². The number of nitrogens with one attached hydrogen (secondary N) is 1. The molecule has 15 heavy (non-hydrogen) atoms. The number of hydrogen-bond acceptors (Lipinski definition) is 3. The minimum Gasteiger partial charge on any atom is -0.350 e. The van der Waals surface area contributed by atoms with Crippen molar-refractivity contribution in [3.05, 3.63) is 16.1 Å². The van der Waals surface area contributed by atoms with Gasteiger partial charge in [0.2, 0.25) is 5.91 Å². The second kappa shape index (κ2) is 6.95. The highest BCUT2D eigenvalue weighted by Crippen LogP contribution is 2.07. The first-order valence-corrected chi connectivity index (χ1v) is 6.96. The van der Waals surface area contributed by atoms with Gasteiger partial charge in [-0.05, 0) is 19.8 Å². The lowest BCUT2D eigenvalue weighted by molar-refractivity contribution is -0.121. The summed E-state index contributed by atoms with van der Waals surface area (Å²) in [5, 5.41) is 6.85. The fourth-order valence-corrected chi connectivity index (χ4v) is 2.16. The average molecular weight is 291 g/mol. The first-order valence-electron chi connectivity index (χ1n) is 4.96. The van der Waals surface area contributed by atoms with E-state index in [2.05, 4.69) is 26.2 Å². The summed E-state index contributed by atoms with van der Waals surface area (Å²) in [4.78, 5) is 15.6. The number of nitrogens with zero attached hydrogens (tertiary/aromatic N) is 1. The zero-order chi connectivity index (χ0) is 11.1. The number of amides is 1. The van der Waals surface area contributed by atoms with E-state index in [4.69, 9.17) is 0 Å². The van der Waals surface area contributed by atoms with Gasteiger partial charge >= 0.3 is 0 Å². The van der Waals surface area contributed by atoms with Gasteiger partial charge in [-0.1, -0.05) is 15.9 Å². The number of alkyl halides is 1. The van der Waals surface area contributed by atoms with E-state index in [1.165, 1.54) is 0 Å². The molecule has 0 saturated heterocycles. The predicted molar refractivity (Wildman–Crippen MR) is 66.3 cm³/mol. The van der Waals surface area contributed by atoms with Gasteiger partial charge in [0, 0.05) is 17.1 Å². The highest BCUT2D eigenvalue weighted by molar-refractivity contribution is 9.09. The van der Waals surface area contributed by atoms with Gasteiger partial charge in [-0.3, -0.25) is 4.79 Å². The number of carbonyl (C=O) groups excluding carboxylic acids is 1. The first kappa shape index (κ1) is 12.6. The largest absolute Gasteiger partial charge is 0.350 e. The molecular formula is C10H15BrN2OS. The normalized spacial score (nSPS) is 10.3. The average Bonchev–Trinajstić information content (AvgIpc) is 2.62. The second-order valence-corrected chi connectivity index (χ2v) is 5.14. The van der Waals surface area contributed by atoms with Gasteiger partial charge in [-0.25, -0.2) is 4.98 Å². The van der Waals surface area contributed by atoms with E-state index in [1.54, 1.807) is 11.3 Å². The van der Waals surface area contributed by atoms with Crippen molar-refractivity contribution >= 4 is 33.2 Å². The molecule has 0 aliphatic rings. The van der Waals surface area contributed by atoms with E-state index in [9.17, 15) is 4.79 Å². The van der Waals surface area contributed by atoms with E-state index in [0.717, 1.165) is 28.9 Å². The number of carbonyl (C=O) groups is 1. The number of aromatic nitrogens is 1. The SMILES string of the molecule is Cc1nc(CNC(=O)CCCCBr)cs1. The molecule has 1 heterocycles. The molecule has 1 amide bonds. The third-order valence-electron chi connectivity index (χ3n) is 1.92. The predicted octanol–water partition coefficient (Wildman–Crippen LogP) is 2.63. The number of unbranched alkanes of at least 4 members (excludes halogenated alkanes) is 1. The first-order chi connectivity index (χ1) is 7.22. The van der Waals surface area contributed by atoms with Crippen molar-refractivity contribution in [2.75, 3.05) is 5.33 Å². The molecule has 0 radical (unpaired) electrons. The molecule has 1 aromatic rings. The van der Waals surface area contributed by atoms with Crippen molar-refractivity contribution in [2.24, 2.45) is 0 Å². The number of aryl methyl sites for hydroxylation is 1. The van der Waals surface area contributed by atoms with E-state index in [1.807, 2.05) is 12.3 Å². The molecule has 3 nitrogen and oxygen atoms in total. The minimum absolute atomic E-state index is 0.113. The summed E-state index contributed by atoms with van der Waals surface area (Å²) in [5.41, 5.74) is 0.950. The third-order valence-corrected chi connectivity index (χ3v) is 3.30. The summed E-state index contributed by atoms with van der Waals surface area (Å²) in [7, 11) is 0. The Morgan fingerprint density at radius 2 is 2.40 bits per heavy atom. The monoisotopic (exact) mass is 290 g/mol. The van der Waals surface area contributed by atoms with Crippen molar-refractivity contribution in [2.45, 2.75) is 32.7 Å². The number of rotatable bonds is 6. The summed E-state index contributed by atoms with van der Waals surface area (Å²) in [6.45, 7) is 2.52. The van der Waals surface area contributed by atoms with Crippen LogP contribution in [0, 0.1) is 6.92 Å². The van der Waals surface area contributed by atoms with Crippen LogP contribution in [-0.2, 0) is 11.3 Å². The maximum Gasteiger partial charge on any atom is 0.220 e. The lowest BCUT2D eigenvalue weighted by atomic mass is 10.2. The minimum atomic E-state index is 0.113. The summed E-state index contributed by atoms with van der Waals surface area (Å²) in [6.07, 6.45) is 2.59. The molecule has 0 fully saturated rings. The van der Waals surface area contributed by atoms with Crippen LogP contribution in [0.15, 0.2) is 5.38 Å². The molecule has 5 heteroatoms. The summed E-state index contributed by atoms with van der Waals surface area (Å²) in [6, 6.07) is 0. The van der Waals surface area contributed by atoms with Crippen molar-refractivity contribution in [3.63, 3.8) is 0 Å². The molecule has 1 N–H and O–H groups in total. The molecule has 0 atom stereocenters. The van der Waals surface area contributed by atoms with Crippen molar-refractivity contribution < 1.29 is 4.79 Å². The fraction of sp³-hybridized carbons (Fsp3) is 0.600. The Morgan fingerprint density at radius 3 is 3.00 bits per heavy atom. The second-order valence-electron chi connectivity index (χ2n) is 3.28. The van der Waals surface area contributed by atoms with Gasteiger partial charge in [-0.2, -0.15) is 0 Å². The maximum absolute atomic E-state index is 11.3. The van der Waals surface area contributed by atoms with Crippen molar-refractivity contribution in [3.8, 4) is 0 Å². The van der Waals surface area contributed by atoms with Crippen LogP contribution in [0.1, 0.15) is 30.0 Å². The highest BCUT2D eigenvalue weighted by Gasteiger charge is 2.02. The summed E-state index contributed by atoms with van der Waals surface area (Å²) in [5.74, 6) is 0.113. The van der Waals surface area contributed by atoms with Gasteiger partial charge in [0.15, 0.2) is 0 Å². The molecule has 0 aromatic carbocycles. The van der Waals surface area contributed by atoms with E-state index >= 15 is 0 Å². The molecule has 84 valence electrons. The van der Waals surface area contributed by atoms with E-state index in [0.29, 0.717) is 13.0 Å². The van der Waals surface area contributed by atoms with Crippen LogP contribution >= 0.6 is 27.3 Å². The smallest absolute Gasteiger partial charge is 0.220 e. The quantitative estimate of drug-likeness (QED) is 0.646. The Hall–Kier alpha value is -0.420. The number of halogens is 1. The van der Waals surface area contributed by atoms with Crippen LogP contribution in [-0.4, -0.2) is 16.2 Å². The number of hydrogen-bond donors (Lipinski definition) is 1. The standard InChI is InChI=1S/C10H15BrN2OS/c1-8-13-9(7-15-8)6-12-10(14)4-2-3-5-11/h7H,2-6H2,1H3,(H,12,14). The lowest BCUT2D eigenvalue weighted by Gasteiger charge is -2.02. The van der Waals surface area contributed by atoms with Crippen LogP contribution in [0.5, 0.6) is 0 Å². The highest BCUT2D eigenvalue weighted by atomic mass is 79.9. The Labute approximate surface area is 102 Å². The van der Waals surface area contributed by atoms with E-state index in [-0.39, 0.29) is 5.91 Å². The molecule has 1 aromatic heterocycles. The van der Waals surface area contributed by atoms with Crippen LogP contribution in [0.2, 0.25) is 0 Å². The van der Waals surface area contributed by atoms with Crippen molar-refractivity contribution in [1.82, 2.24) is 10.3 Å². The third kappa shape index (κ3) is 5.28. The molecule has 0 aliphatic heterocycles. The van der Waals surface area contributed by atoms with Crippen molar-refractivity contribution in [1.29, 1.82) is 0 Å². The zero-order valence-electron chi connectivity index (χ0n) is 8.75. The van der Waals surface area contributed by atoms with Crippen LogP contribution in [0.4, 0.5) is 0 Å². The molecule has 1 rings (SSSR count). The maximum atomic E-state index is 11.3. The number of thiazole rings is 1. The molecular weight excluding hydrogens is 276 g/mol. The van der Waals surface area contributed by atoms with Crippen LogP contribution < -0.4 is 5.32 Å². The molecule has 0 spiro atoms.